The fraction of sp³-hybridized carbons (Fsp3) is 0.312. The summed E-state index contributed by atoms with van der Waals surface area (Å²) in [5, 5.41) is 3.97. The van der Waals surface area contributed by atoms with Crippen molar-refractivity contribution in [3.8, 4) is 0 Å². The lowest BCUT2D eigenvalue weighted by Gasteiger charge is -2.34. The van der Waals surface area contributed by atoms with Crippen molar-refractivity contribution in [2.45, 2.75) is 25.2 Å². The van der Waals surface area contributed by atoms with Crippen molar-refractivity contribution in [2.75, 3.05) is 7.11 Å². The number of alkyl halides is 3. The summed E-state index contributed by atoms with van der Waals surface area (Å²) in [7, 11) is 1.15. The molecule has 22 heavy (non-hydrogen) atoms. The van der Waals surface area contributed by atoms with E-state index < -0.39 is 24.2 Å². The molecule has 1 amide bonds. The Hall–Kier alpha value is -2.08. The van der Waals surface area contributed by atoms with Crippen LogP contribution in [0.5, 0.6) is 0 Å². The fourth-order valence-corrected chi connectivity index (χ4v) is 2.47. The van der Waals surface area contributed by atoms with Crippen molar-refractivity contribution in [2.24, 2.45) is 0 Å². The van der Waals surface area contributed by atoms with Crippen LogP contribution in [-0.2, 0) is 15.3 Å². The Morgan fingerprint density at radius 3 is 2.32 bits per heavy atom. The highest BCUT2D eigenvalue weighted by Gasteiger charge is 2.45. The van der Waals surface area contributed by atoms with E-state index in [0.29, 0.717) is 0 Å². The number of hydrogen-bond acceptors (Lipinski definition) is 2. The normalized spacial score (nSPS) is 14.6. The third-order valence-corrected chi connectivity index (χ3v) is 3.39. The second-order valence-electron chi connectivity index (χ2n) is 5.07. The Kier molecular flexibility index (Phi) is 4.42. The van der Waals surface area contributed by atoms with Crippen molar-refractivity contribution in [1.29, 1.82) is 0 Å². The van der Waals surface area contributed by atoms with Gasteiger partial charge in [-0.05, 0) is 16.8 Å². The molecule has 2 aromatic rings. The highest BCUT2D eigenvalue weighted by Crippen LogP contribution is 2.36. The van der Waals surface area contributed by atoms with Gasteiger partial charge in [0.05, 0.1) is 6.42 Å². The Labute approximate surface area is 126 Å². The van der Waals surface area contributed by atoms with Crippen LogP contribution in [0.15, 0.2) is 42.5 Å². The number of carbonyl (C=O) groups is 1. The summed E-state index contributed by atoms with van der Waals surface area (Å²) in [6.45, 7) is 1.16. The number of benzene rings is 2. The summed E-state index contributed by atoms with van der Waals surface area (Å²) in [5.74, 6) is -0.598. The molecule has 0 saturated heterocycles. The number of methoxy groups -OCH3 is 1. The molecule has 2 rings (SSSR count). The zero-order valence-corrected chi connectivity index (χ0v) is 12.2. The van der Waals surface area contributed by atoms with Crippen molar-refractivity contribution >= 4 is 16.7 Å². The van der Waals surface area contributed by atoms with Crippen molar-refractivity contribution < 1.29 is 22.7 Å². The van der Waals surface area contributed by atoms with Gasteiger partial charge < -0.3 is 10.1 Å². The van der Waals surface area contributed by atoms with E-state index in [4.69, 9.17) is 4.74 Å². The summed E-state index contributed by atoms with van der Waals surface area (Å²) in [4.78, 5) is 11.4. The molecule has 6 heteroatoms. The quantitative estimate of drug-likeness (QED) is 0.874. The van der Waals surface area contributed by atoms with Crippen LogP contribution < -0.4 is 5.32 Å². The second kappa shape index (κ2) is 5.96. The van der Waals surface area contributed by atoms with Crippen molar-refractivity contribution in [1.82, 2.24) is 5.32 Å². The molecular formula is C16H16F3NO2. The van der Waals surface area contributed by atoms with Gasteiger partial charge in [0.25, 0.3) is 0 Å². The van der Waals surface area contributed by atoms with Crippen LogP contribution >= 0.6 is 0 Å². The molecule has 0 radical (unpaired) electrons. The number of fused-ring (bicyclic) bond motifs is 1. The Balaban J connectivity index is 2.56. The number of rotatable bonds is 4. The van der Waals surface area contributed by atoms with E-state index in [1.54, 1.807) is 24.3 Å². The van der Waals surface area contributed by atoms with Gasteiger partial charge >= 0.3 is 6.18 Å². The number of amides is 1. The van der Waals surface area contributed by atoms with Gasteiger partial charge in [-0.2, -0.15) is 13.2 Å². The summed E-state index contributed by atoms with van der Waals surface area (Å²) in [5.41, 5.74) is -1.69. The highest BCUT2D eigenvalue weighted by atomic mass is 19.4. The zero-order valence-electron chi connectivity index (χ0n) is 12.2. The first kappa shape index (κ1) is 16.3. The Bertz CT molecular complexity index is 684. The second-order valence-corrected chi connectivity index (χ2v) is 5.07. The molecule has 0 aromatic heterocycles. The highest BCUT2D eigenvalue weighted by molar-refractivity contribution is 5.83. The third kappa shape index (κ3) is 3.57. The molecule has 0 aliphatic heterocycles. The van der Waals surface area contributed by atoms with Gasteiger partial charge in [0, 0.05) is 19.6 Å². The predicted molar refractivity (Wildman–Crippen MR) is 77.1 cm³/mol. The molecule has 118 valence electrons. The van der Waals surface area contributed by atoms with Gasteiger partial charge in [0.2, 0.25) is 5.91 Å². The van der Waals surface area contributed by atoms with E-state index >= 15 is 0 Å². The number of hydrogen-bond donors (Lipinski definition) is 1. The van der Waals surface area contributed by atoms with Crippen LogP contribution in [0.3, 0.4) is 0 Å². The van der Waals surface area contributed by atoms with Crippen LogP contribution in [0, 0.1) is 0 Å². The minimum absolute atomic E-state index is 0.251. The molecule has 0 bridgehead atoms. The van der Waals surface area contributed by atoms with Gasteiger partial charge in [-0.1, -0.05) is 36.4 Å². The lowest BCUT2D eigenvalue weighted by Crippen LogP contribution is -2.49. The van der Waals surface area contributed by atoms with Crippen LogP contribution in [0.1, 0.15) is 18.9 Å². The number of carbonyl (C=O) groups excluding carboxylic acids is 1. The zero-order chi connectivity index (χ0) is 16.4. The largest absolute Gasteiger partial charge is 0.394 e. The number of nitrogens with one attached hydrogen (secondary N) is 1. The molecular weight excluding hydrogens is 295 g/mol. The SMILES string of the molecule is COC(CC(F)(F)F)(NC(C)=O)c1ccc2ccccc2c1. The Morgan fingerprint density at radius 1 is 1.14 bits per heavy atom. The number of ether oxygens (including phenoxy) is 1. The van der Waals surface area contributed by atoms with E-state index in [1.807, 2.05) is 12.1 Å². The molecule has 1 atom stereocenters. The maximum Gasteiger partial charge on any atom is 0.394 e. The Morgan fingerprint density at radius 2 is 1.77 bits per heavy atom. The van der Waals surface area contributed by atoms with Gasteiger partial charge in [-0.3, -0.25) is 4.79 Å². The minimum atomic E-state index is -4.50. The molecule has 0 saturated carbocycles. The van der Waals surface area contributed by atoms with Gasteiger partial charge in [-0.25, -0.2) is 0 Å². The first-order chi connectivity index (χ1) is 10.3. The molecule has 1 N–H and O–H groups in total. The lowest BCUT2D eigenvalue weighted by molar-refractivity contribution is -0.195. The van der Waals surface area contributed by atoms with E-state index in [9.17, 15) is 18.0 Å². The van der Waals surface area contributed by atoms with Crippen LogP contribution in [0.2, 0.25) is 0 Å². The lowest BCUT2D eigenvalue weighted by atomic mass is 9.95. The molecule has 3 nitrogen and oxygen atoms in total. The molecule has 0 heterocycles. The van der Waals surface area contributed by atoms with Crippen molar-refractivity contribution in [3.05, 3.63) is 48.0 Å². The monoisotopic (exact) mass is 311 g/mol. The molecule has 2 aromatic carbocycles. The van der Waals surface area contributed by atoms with Gasteiger partial charge in [-0.15, -0.1) is 0 Å². The molecule has 0 spiro atoms. The molecule has 1 unspecified atom stereocenters. The summed E-state index contributed by atoms with van der Waals surface area (Å²) in [6.07, 6.45) is -5.81. The summed E-state index contributed by atoms with van der Waals surface area (Å²) < 4.78 is 44.0. The predicted octanol–water partition coefficient (Wildman–Crippen LogP) is 3.73. The minimum Gasteiger partial charge on any atom is -0.354 e. The molecule has 0 fully saturated rings. The molecule has 0 aliphatic rings. The first-order valence-electron chi connectivity index (χ1n) is 6.66. The van der Waals surface area contributed by atoms with E-state index in [2.05, 4.69) is 5.32 Å². The summed E-state index contributed by atoms with van der Waals surface area (Å²) in [6, 6.07) is 12.1. The smallest absolute Gasteiger partial charge is 0.354 e. The molecule has 0 aliphatic carbocycles. The van der Waals surface area contributed by atoms with E-state index in [-0.39, 0.29) is 5.56 Å². The first-order valence-corrected chi connectivity index (χ1v) is 6.66. The van der Waals surface area contributed by atoms with Gasteiger partial charge in [0.15, 0.2) is 5.72 Å². The average Bonchev–Trinajstić information content (AvgIpc) is 2.44. The maximum atomic E-state index is 13.0. The van der Waals surface area contributed by atoms with E-state index in [0.717, 1.165) is 24.8 Å². The third-order valence-electron chi connectivity index (χ3n) is 3.39. The van der Waals surface area contributed by atoms with Crippen LogP contribution in [-0.4, -0.2) is 19.2 Å². The average molecular weight is 311 g/mol. The number of halogens is 3. The standard InChI is InChI=1S/C16H16F3NO2/c1-11(21)20-15(22-2,10-16(17,18)19)14-8-7-12-5-3-4-6-13(12)9-14/h3-9H,10H2,1-2H3,(H,20,21). The maximum absolute atomic E-state index is 13.0. The fourth-order valence-electron chi connectivity index (χ4n) is 2.47. The van der Waals surface area contributed by atoms with Crippen molar-refractivity contribution in [3.63, 3.8) is 0 Å². The van der Waals surface area contributed by atoms with Crippen LogP contribution in [0.25, 0.3) is 10.8 Å². The topological polar surface area (TPSA) is 38.3 Å². The van der Waals surface area contributed by atoms with E-state index in [1.165, 1.54) is 6.07 Å². The van der Waals surface area contributed by atoms with Crippen LogP contribution in [0.4, 0.5) is 13.2 Å². The van der Waals surface area contributed by atoms with Gasteiger partial charge in [0.1, 0.15) is 0 Å². The summed E-state index contributed by atoms with van der Waals surface area (Å²) >= 11 is 0.